The summed E-state index contributed by atoms with van der Waals surface area (Å²) < 4.78 is 16.9. The number of rotatable bonds is 4. The van der Waals surface area contributed by atoms with Crippen LogP contribution < -0.4 is 4.74 Å². The molecule has 1 aromatic heterocycles. The van der Waals surface area contributed by atoms with Gasteiger partial charge in [0.25, 0.3) is 0 Å². The van der Waals surface area contributed by atoms with E-state index in [2.05, 4.69) is 11.9 Å². The Balaban J connectivity index is 1.90. The van der Waals surface area contributed by atoms with Crippen molar-refractivity contribution < 1.29 is 14.2 Å². The lowest BCUT2D eigenvalue weighted by Crippen LogP contribution is -2.25. The molecule has 0 bridgehead atoms. The lowest BCUT2D eigenvalue weighted by Gasteiger charge is -2.17. The van der Waals surface area contributed by atoms with Crippen LogP contribution in [-0.4, -0.2) is 30.1 Å². The van der Waals surface area contributed by atoms with Crippen LogP contribution in [0.2, 0.25) is 0 Å². The number of aryl methyl sites for hydroxylation is 1. The van der Waals surface area contributed by atoms with Crippen molar-refractivity contribution in [3.63, 3.8) is 0 Å². The standard InChI is InChI=1S/C13H19NO3/c1-4-10-7-14-6-5-12(10)15-8-11-9-16-13(2,3)17-11/h5-7,11H,4,8-9H2,1-3H3. The van der Waals surface area contributed by atoms with Crippen LogP contribution in [0.3, 0.4) is 0 Å². The first-order valence-electron chi connectivity index (χ1n) is 5.98. The Morgan fingerprint density at radius 2 is 2.35 bits per heavy atom. The third-order valence-corrected chi connectivity index (χ3v) is 2.73. The molecule has 0 aromatic carbocycles. The van der Waals surface area contributed by atoms with Crippen LogP contribution in [0.5, 0.6) is 5.75 Å². The summed E-state index contributed by atoms with van der Waals surface area (Å²) in [7, 11) is 0. The molecule has 1 aliphatic rings. The highest BCUT2D eigenvalue weighted by atomic mass is 16.7. The Morgan fingerprint density at radius 3 is 3.00 bits per heavy atom. The molecular formula is C13H19NO3. The molecule has 94 valence electrons. The predicted molar refractivity (Wildman–Crippen MR) is 64.0 cm³/mol. The summed E-state index contributed by atoms with van der Waals surface area (Å²) in [6, 6.07) is 1.89. The summed E-state index contributed by atoms with van der Waals surface area (Å²) in [4.78, 5) is 4.08. The second-order valence-electron chi connectivity index (χ2n) is 4.60. The molecule has 0 amide bonds. The van der Waals surface area contributed by atoms with Crippen LogP contribution in [0.4, 0.5) is 0 Å². The molecule has 4 heteroatoms. The van der Waals surface area contributed by atoms with Crippen molar-refractivity contribution in [3.05, 3.63) is 24.0 Å². The Morgan fingerprint density at radius 1 is 1.53 bits per heavy atom. The summed E-state index contributed by atoms with van der Waals surface area (Å²) in [6.07, 6.45) is 4.50. The van der Waals surface area contributed by atoms with Crippen LogP contribution in [0.1, 0.15) is 26.3 Å². The molecule has 0 aliphatic carbocycles. The first kappa shape index (κ1) is 12.3. The second kappa shape index (κ2) is 5.02. The highest BCUT2D eigenvalue weighted by molar-refractivity contribution is 5.29. The molecule has 1 aliphatic heterocycles. The number of pyridine rings is 1. The molecule has 17 heavy (non-hydrogen) atoms. The van der Waals surface area contributed by atoms with Gasteiger partial charge in [-0.05, 0) is 26.3 Å². The monoisotopic (exact) mass is 237 g/mol. The largest absolute Gasteiger partial charge is 0.490 e. The number of aromatic nitrogens is 1. The van der Waals surface area contributed by atoms with Gasteiger partial charge in [-0.15, -0.1) is 0 Å². The van der Waals surface area contributed by atoms with Crippen LogP contribution in [0.15, 0.2) is 18.5 Å². The zero-order valence-corrected chi connectivity index (χ0v) is 10.6. The average molecular weight is 237 g/mol. The molecule has 0 N–H and O–H groups in total. The topological polar surface area (TPSA) is 40.6 Å². The Hall–Kier alpha value is -1.13. The normalized spacial score (nSPS) is 22.6. The third kappa shape index (κ3) is 3.17. The molecule has 2 rings (SSSR count). The maximum Gasteiger partial charge on any atom is 0.163 e. The van der Waals surface area contributed by atoms with E-state index in [0.717, 1.165) is 17.7 Å². The highest BCUT2D eigenvalue weighted by Gasteiger charge is 2.32. The minimum atomic E-state index is -0.486. The lowest BCUT2D eigenvalue weighted by atomic mass is 10.2. The molecular weight excluding hydrogens is 218 g/mol. The SMILES string of the molecule is CCc1cnccc1OCC1COC(C)(C)O1. The smallest absolute Gasteiger partial charge is 0.163 e. The van der Waals surface area contributed by atoms with Crippen LogP contribution >= 0.6 is 0 Å². The molecule has 4 nitrogen and oxygen atoms in total. The van der Waals surface area contributed by atoms with Gasteiger partial charge in [-0.1, -0.05) is 6.92 Å². The molecule has 1 aromatic rings. The molecule has 0 saturated carbocycles. The minimum absolute atomic E-state index is 0.00266. The fraction of sp³-hybridized carbons (Fsp3) is 0.615. The fourth-order valence-electron chi connectivity index (χ4n) is 1.85. The van der Waals surface area contributed by atoms with Crippen LogP contribution in [-0.2, 0) is 15.9 Å². The third-order valence-electron chi connectivity index (χ3n) is 2.73. The summed E-state index contributed by atoms with van der Waals surface area (Å²) in [6.45, 7) is 7.01. The van der Waals surface area contributed by atoms with Gasteiger partial charge < -0.3 is 14.2 Å². The number of nitrogens with zero attached hydrogens (tertiary/aromatic N) is 1. The highest BCUT2D eigenvalue weighted by Crippen LogP contribution is 2.24. The van der Waals surface area contributed by atoms with Gasteiger partial charge in [0.05, 0.1) is 6.61 Å². The van der Waals surface area contributed by atoms with Crippen molar-refractivity contribution in [2.75, 3.05) is 13.2 Å². The van der Waals surface area contributed by atoms with Gasteiger partial charge in [0.2, 0.25) is 0 Å². The van der Waals surface area contributed by atoms with E-state index >= 15 is 0 Å². The predicted octanol–water partition coefficient (Wildman–Crippen LogP) is 2.17. The molecule has 1 fully saturated rings. The molecule has 0 radical (unpaired) electrons. The minimum Gasteiger partial charge on any atom is -0.490 e. The second-order valence-corrected chi connectivity index (χ2v) is 4.60. The lowest BCUT2D eigenvalue weighted by molar-refractivity contribution is -0.141. The maximum atomic E-state index is 5.76. The number of ether oxygens (including phenoxy) is 3. The van der Waals surface area contributed by atoms with Crippen molar-refractivity contribution in [1.82, 2.24) is 4.98 Å². The Labute approximate surface area is 102 Å². The van der Waals surface area contributed by atoms with Crippen LogP contribution in [0, 0.1) is 0 Å². The quantitative estimate of drug-likeness (QED) is 0.804. The average Bonchev–Trinajstić information content (AvgIpc) is 2.67. The van der Waals surface area contributed by atoms with E-state index in [0.29, 0.717) is 13.2 Å². The molecule has 2 heterocycles. The van der Waals surface area contributed by atoms with E-state index in [1.807, 2.05) is 26.1 Å². The van der Waals surface area contributed by atoms with Crippen molar-refractivity contribution in [1.29, 1.82) is 0 Å². The zero-order valence-electron chi connectivity index (χ0n) is 10.6. The van der Waals surface area contributed by atoms with Gasteiger partial charge in [-0.3, -0.25) is 4.98 Å². The van der Waals surface area contributed by atoms with Gasteiger partial charge >= 0.3 is 0 Å². The molecule has 1 unspecified atom stereocenters. The first-order valence-corrected chi connectivity index (χ1v) is 5.98. The molecule has 0 spiro atoms. The Bertz CT molecular complexity index is 379. The van der Waals surface area contributed by atoms with Crippen LogP contribution in [0.25, 0.3) is 0 Å². The molecule has 1 saturated heterocycles. The van der Waals surface area contributed by atoms with E-state index in [9.17, 15) is 0 Å². The van der Waals surface area contributed by atoms with Gasteiger partial charge in [-0.25, -0.2) is 0 Å². The van der Waals surface area contributed by atoms with Crippen molar-refractivity contribution in [2.24, 2.45) is 0 Å². The zero-order chi connectivity index (χ0) is 12.3. The first-order chi connectivity index (χ1) is 8.11. The summed E-state index contributed by atoms with van der Waals surface area (Å²) in [5.41, 5.74) is 1.12. The van der Waals surface area contributed by atoms with E-state index in [1.54, 1.807) is 6.20 Å². The fourth-order valence-corrected chi connectivity index (χ4v) is 1.85. The van der Waals surface area contributed by atoms with Gasteiger partial charge in [-0.2, -0.15) is 0 Å². The summed E-state index contributed by atoms with van der Waals surface area (Å²) in [5, 5.41) is 0. The summed E-state index contributed by atoms with van der Waals surface area (Å²) in [5.74, 6) is 0.399. The summed E-state index contributed by atoms with van der Waals surface area (Å²) >= 11 is 0. The van der Waals surface area contributed by atoms with E-state index in [1.165, 1.54) is 0 Å². The van der Waals surface area contributed by atoms with E-state index in [4.69, 9.17) is 14.2 Å². The van der Waals surface area contributed by atoms with Crippen molar-refractivity contribution in [2.45, 2.75) is 39.1 Å². The van der Waals surface area contributed by atoms with E-state index < -0.39 is 5.79 Å². The van der Waals surface area contributed by atoms with Crippen molar-refractivity contribution in [3.8, 4) is 5.75 Å². The number of hydrogen-bond donors (Lipinski definition) is 0. The van der Waals surface area contributed by atoms with Gasteiger partial charge in [0, 0.05) is 18.0 Å². The Kier molecular flexibility index (Phi) is 3.64. The van der Waals surface area contributed by atoms with Gasteiger partial charge in [0.15, 0.2) is 5.79 Å². The maximum absolute atomic E-state index is 5.76. The van der Waals surface area contributed by atoms with E-state index in [-0.39, 0.29) is 6.10 Å². The molecule has 1 atom stereocenters. The van der Waals surface area contributed by atoms with Crippen molar-refractivity contribution >= 4 is 0 Å². The van der Waals surface area contributed by atoms with Gasteiger partial charge in [0.1, 0.15) is 18.5 Å². The number of hydrogen-bond acceptors (Lipinski definition) is 4.